The van der Waals surface area contributed by atoms with Gasteiger partial charge in [0, 0.05) is 32.4 Å². The highest BCUT2D eigenvalue weighted by molar-refractivity contribution is 7.17. The Morgan fingerprint density at radius 3 is 2.57 bits per heavy atom. The van der Waals surface area contributed by atoms with Gasteiger partial charge in [0.2, 0.25) is 10.8 Å². The Labute approximate surface area is 175 Å². The molecule has 2 aromatic heterocycles. The van der Waals surface area contributed by atoms with Crippen LogP contribution in [0.3, 0.4) is 0 Å². The van der Waals surface area contributed by atoms with E-state index in [4.69, 9.17) is 9.47 Å². The number of piperidine rings is 1. The lowest BCUT2D eigenvalue weighted by atomic mass is 9.97. The molecule has 0 amide bonds. The fourth-order valence-electron chi connectivity index (χ4n) is 4.24. The predicted molar refractivity (Wildman–Crippen MR) is 106 cm³/mol. The van der Waals surface area contributed by atoms with Crippen molar-refractivity contribution in [3.8, 4) is 5.88 Å². The maximum absolute atomic E-state index is 14.1. The van der Waals surface area contributed by atoms with Crippen molar-refractivity contribution < 1.29 is 23.4 Å². The second-order valence-corrected chi connectivity index (χ2v) is 8.59. The molecule has 2 aliphatic heterocycles. The molecule has 10 heteroatoms. The van der Waals surface area contributed by atoms with Crippen LogP contribution in [0.25, 0.3) is 4.96 Å². The molecule has 3 aromatic rings. The van der Waals surface area contributed by atoms with Gasteiger partial charge >= 0.3 is 0 Å². The van der Waals surface area contributed by atoms with Crippen LogP contribution >= 0.6 is 11.3 Å². The number of aryl methyl sites for hydroxylation is 1. The second kappa shape index (κ2) is 7.52. The molecular formula is C20H22F2N4O3S. The molecule has 1 unspecified atom stereocenters. The molecule has 0 radical (unpaired) electrons. The normalized spacial score (nSPS) is 20.4. The highest BCUT2D eigenvalue weighted by Gasteiger charge is 2.42. The standard InChI is InChI=1S/C20H22F2N4O3S/c1-2-15-23-19-26(24-15)18(27)17(30-19)16(12-3-4-13(21)14(22)11-12)25-7-5-20(6-8-25)28-9-10-29-20/h3-4,11,16,27H,2,5-10H2,1H3. The van der Waals surface area contributed by atoms with Crippen LogP contribution in [0.1, 0.15) is 42.1 Å². The third kappa shape index (κ3) is 3.27. The number of nitrogens with zero attached hydrogens (tertiary/aromatic N) is 4. The molecule has 0 saturated carbocycles. The van der Waals surface area contributed by atoms with Crippen molar-refractivity contribution in [1.29, 1.82) is 0 Å². The van der Waals surface area contributed by atoms with E-state index in [0.717, 1.165) is 6.07 Å². The average Bonchev–Trinajstić information content (AvgIpc) is 3.44. The summed E-state index contributed by atoms with van der Waals surface area (Å²) in [7, 11) is 0. The number of aromatic nitrogens is 3. The molecule has 1 atom stereocenters. The van der Waals surface area contributed by atoms with Crippen molar-refractivity contribution in [2.75, 3.05) is 26.3 Å². The number of rotatable bonds is 4. The van der Waals surface area contributed by atoms with E-state index in [1.54, 1.807) is 6.07 Å². The summed E-state index contributed by atoms with van der Waals surface area (Å²) in [5.74, 6) is -1.75. The number of fused-ring (bicyclic) bond motifs is 1. The Hall–Kier alpha value is -2.14. The van der Waals surface area contributed by atoms with Gasteiger partial charge in [0.05, 0.1) is 24.1 Å². The minimum absolute atomic E-state index is 0.0226. The van der Waals surface area contributed by atoms with Gasteiger partial charge in [-0.05, 0) is 17.7 Å². The number of hydrogen-bond acceptors (Lipinski definition) is 7. The topological polar surface area (TPSA) is 72.1 Å². The SMILES string of the molecule is CCc1nc2sc(C(c3ccc(F)c(F)c3)N3CCC4(CC3)OCCO4)c(O)n2n1. The summed E-state index contributed by atoms with van der Waals surface area (Å²) in [6.07, 6.45) is 1.98. The van der Waals surface area contributed by atoms with E-state index >= 15 is 0 Å². The molecule has 160 valence electrons. The maximum Gasteiger partial charge on any atom is 0.230 e. The summed E-state index contributed by atoms with van der Waals surface area (Å²) in [5, 5.41) is 15.3. The lowest BCUT2D eigenvalue weighted by Crippen LogP contribution is -2.46. The van der Waals surface area contributed by atoms with Gasteiger partial charge < -0.3 is 14.6 Å². The Bertz CT molecular complexity index is 1070. The molecule has 1 aromatic carbocycles. The Morgan fingerprint density at radius 1 is 1.20 bits per heavy atom. The van der Waals surface area contributed by atoms with Crippen LogP contribution in [0.4, 0.5) is 8.78 Å². The zero-order valence-electron chi connectivity index (χ0n) is 16.5. The van der Waals surface area contributed by atoms with Crippen molar-refractivity contribution in [2.45, 2.75) is 38.0 Å². The van der Waals surface area contributed by atoms with Crippen molar-refractivity contribution in [3.63, 3.8) is 0 Å². The van der Waals surface area contributed by atoms with Crippen molar-refractivity contribution >= 4 is 16.3 Å². The number of hydrogen-bond donors (Lipinski definition) is 1. The number of thiazole rings is 1. The lowest BCUT2D eigenvalue weighted by molar-refractivity contribution is -0.187. The van der Waals surface area contributed by atoms with Gasteiger partial charge in [-0.25, -0.2) is 13.8 Å². The van der Waals surface area contributed by atoms with Gasteiger partial charge in [-0.15, -0.1) is 5.10 Å². The summed E-state index contributed by atoms with van der Waals surface area (Å²) < 4.78 is 40.7. The molecule has 2 aliphatic rings. The van der Waals surface area contributed by atoms with Crippen molar-refractivity contribution in [1.82, 2.24) is 19.5 Å². The molecule has 4 heterocycles. The largest absolute Gasteiger partial charge is 0.492 e. The van der Waals surface area contributed by atoms with Crippen LogP contribution in [-0.2, 0) is 15.9 Å². The number of aromatic hydroxyl groups is 1. The van der Waals surface area contributed by atoms with E-state index in [1.165, 1.54) is 21.9 Å². The first-order valence-corrected chi connectivity index (χ1v) is 10.9. The van der Waals surface area contributed by atoms with Gasteiger partial charge in [0.15, 0.2) is 23.2 Å². The van der Waals surface area contributed by atoms with E-state index in [1.807, 2.05) is 6.92 Å². The Morgan fingerprint density at radius 2 is 1.93 bits per heavy atom. The predicted octanol–water partition coefficient (Wildman–Crippen LogP) is 3.27. The molecule has 1 N–H and O–H groups in total. The molecular weight excluding hydrogens is 414 g/mol. The van der Waals surface area contributed by atoms with E-state index in [9.17, 15) is 13.9 Å². The van der Waals surface area contributed by atoms with Gasteiger partial charge in [0.25, 0.3) is 0 Å². The van der Waals surface area contributed by atoms with Gasteiger partial charge in [-0.2, -0.15) is 4.52 Å². The average molecular weight is 436 g/mol. The van der Waals surface area contributed by atoms with Gasteiger partial charge in [-0.1, -0.05) is 24.3 Å². The molecule has 5 rings (SSSR count). The molecule has 0 aliphatic carbocycles. The van der Waals surface area contributed by atoms with E-state index < -0.39 is 23.5 Å². The number of halogens is 2. The Kier molecular flexibility index (Phi) is 4.97. The van der Waals surface area contributed by atoms with E-state index in [2.05, 4.69) is 15.0 Å². The van der Waals surface area contributed by atoms with Crippen LogP contribution < -0.4 is 0 Å². The van der Waals surface area contributed by atoms with E-state index in [0.29, 0.717) is 66.8 Å². The van der Waals surface area contributed by atoms with Crippen LogP contribution in [0.5, 0.6) is 5.88 Å². The van der Waals surface area contributed by atoms with Crippen molar-refractivity contribution in [2.24, 2.45) is 0 Å². The minimum atomic E-state index is -0.916. The summed E-state index contributed by atoms with van der Waals surface area (Å²) in [5.41, 5.74) is 0.564. The first-order chi connectivity index (χ1) is 14.5. The highest BCUT2D eigenvalue weighted by Crippen LogP contribution is 2.43. The summed E-state index contributed by atoms with van der Waals surface area (Å²) in [6.45, 7) is 4.36. The third-order valence-corrected chi connectivity index (χ3v) is 6.88. The zero-order chi connectivity index (χ0) is 20.9. The maximum atomic E-state index is 14.1. The molecule has 0 bridgehead atoms. The third-order valence-electron chi connectivity index (χ3n) is 5.81. The molecule has 1 spiro atoms. The number of ether oxygens (including phenoxy) is 2. The quantitative estimate of drug-likeness (QED) is 0.677. The van der Waals surface area contributed by atoms with E-state index in [-0.39, 0.29) is 5.88 Å². The number of likely N-dealkylation sites (tertiary alicyclic amines) is 1. The summed E-state index contributed by atoms with van der Waals surface area (Å²) >= 11 is 1.31. The fourth-order valence-corrected chi connectivity index (χ4v) is 5.37. The molecule has 30 heavy (non-hydrogen) atoms. The summed E-state index contributed by atoms with van der Waals surface area (Å²) in [6, 6.07) is 3.41. The highest BCUT2D eigenvalue weighted by atomic mass is 32.1. The minimum Gasteiger partial charge on any atom is -0.492 e. The molecule has 2 fully saturated rings. The first kappa shape index (κ1) is 19.8. The molecule has 7 nitrogen and oxygen atoms in total. The van der Waals surface area contributed by atoms with Crippen LogP contribution in [0, 0.1) is 11.6 Å². The zero-order valence-corrected chi connectivity index (χ0v) is 17.3. The van der Waals surface area contributed by atoms with Crippen LogP contribution in [0.15, 0.2) is 18.2 Å². The van der Waals surface area contributed by atoms with Crippen LogP contribution in [0.2, 0.25) is 0 Å². The first-order valence-electron chi connectivity index (χ1n) is 10.0. The number of benzene rings is 1. The summed E-state index contributed by atoms with van der Waals surface area (Å²) in [4.78, 5) is 7.75. The second-order valence-electron chi connectivity index (χ2n) is 7.59. The van der Waals surface area contributed by atoms with Gasteiger partial charge in [0.1, 0.15) is 0 Å². The molecule has 2 saturated heterocycles. The Balaban J connectivity index is 1.54. The van der Waals surface area contributed by atoms with Crippen molar-refractivity contribution in [3.05, 3.63) is 46.1 Å². The van der Waals surface area contributed by atoms with Crippen LogP contribution in [-0.4, -0.2) is 56.7 Å². The lowest BCUT2D eigenvalue weighted by Gasteiger charge is -2.41. The smallest absolute Gasteiger partial charge is 0.230 e. The monoisotopic (exact) mass is 436 g/mol. The van der Waals surface area contributed by atoms with Gasteiger partial charge in [-0.3, -0.25) is 4.90 Å². The fraction of sp³-hybridized carbons (Fsp3) is 0.500.